The predicted octanol–water partition coefficient (Wildman–Crippen LogP) is 2.58. The Morgan fingerprint density at radius 1 is 1.15 bits per heavy atom. The third kappa shape index (κ3) is 4.20. The molecule has 0 amide bonds. The summed E-state index contributed by atoms with van der Waals surface area (Å²) < 4.78 is 1.70. The molecule has 2 aromatic rings. The van der Waals surface area contributed by atoms with E-state index in [1.165, 1.54) is 0 Å². The van der Waals surface area contributed by atoms with Gasteiger partial charge in [0.2, 0.25) is 0 Å². The van der Waals surface area contributed by atoms with Gasteiger partial charge in [0.1, 0.15) is 0 Å². The molecule has 1 aromatic carbocycles. The van der Waals surface area contributed by atoms with Gasteiger partial charge in [-0.05, 0) is 25.2 Å². The summed E-state index contributed by atoms with van der Waals surface area (Å²) in [5.74, 6) is 0. The van der Waals surface area contributed by atoms with E-state index >= 15 is 0 Å². The van der Waals surface area contributed by atoms with E-state index in [0.717, 1.165) is 25.2 Å². The lowest BCUT2D eigenvalue weighted by atomic mass is 10.2. The van der Waals surface area contributed by atoms with Gasteiger partial charge >= 0.3 is 0 Å². The first kappa shape index (κ1) is 18.9. The highest BCUT2D eigenvalue weighted by molar-refractivity contribution is 5.85. The molecule has 0 unspecified atom stereocenters. The molecule has 0 saturated heterocycles. The molecule has 112 valence electrons. The predicted molar refractivity (Wildman–Crippen MR) is 88.3 cm³/mol. The first-order valence-electron chi connectivity index (χ1n) is 6.42. The lowest BCUT2D eigenvalue weighted by Gasteiger charge is -2.18. The minimum absolute atomic E-state index is 0. The minimum Gasteiger partial charge on any atom is -0.302 e. The molecule has 0 N–H and O–H groups in total. The van der Waals surface area contributed by atoms with Gasteiger partial charge in [-0.3, -0.25) is 9.36 Å². The summed E-state index contributed by atoms with van der Waals surface area (Å²) in [5.41, 5.74) is 0.814. The van der Waals surface area contributed by atoms with Crippen molar-refractivity contribution in [1.82, 2.24) is 14.5 Å². The first-order chi connectivity index (χ1) is 8.76. The zero-order chi connectivity index (χ0) is 13.0. The summed E-state index contributed by atoms with van der Waals surface area (Å²) in [6.07, 6.45) is 1.65. The quantitative estimate of drug-likeness (QED) is 0.850. The zero-order valence-electron chi connectivity index (χ0n) is 11.8. The van der Waals surface area contributed by atoms with Gasteiger partial charge in [0.05, 0.1) is 17.2 Å². The fourth-order valence-corrected chi connectivity index (χ4v) is 2.05. The van der Waals surface area contributed by atoms with Crippen LogP contribution in [0.4, 0.5) is 0 Å². The van der Waals surface area contributed by atoms with Gasteiger partial charge in [-0.15, -0.1) is 24.8 Å². The maximum absolute atomic E-state index is 12.2. The van der Waals surface area contributed by atoms with E-state index in [4.69, 9.17) is 0 Å². The fraction of sp³-hybridized carbons (Fsp3) is 0.429. The summed E-state index contributed by atoms with van der Waals surface area (Å²) in [6, 6.07) is 7.47. The van der Waals surface area contributed by atoms with E-state index in [0.29, 0.717) is 11.9 Å². The maximum Gasteiger partial charge on any atom is 0.261 e. The zero-order valence-corrected chi connectivity index (χ0v) is 13.4. The molecule has 0 bridgehead atoms. The second kappa shape index (κ2) is 8.95. The van der Waals surface area contributed by atoms with Crippen LogP contribution in [0.5, 0.6) is 0 Å². The molecule has 0 radical (unpaired) electrons. The molecule has 1 aromatic heterocycles. The molecule has 0 aliphatic heterocycles. The van der Waals surface area contributed by atoms with Gasteiger partial charge < -0.3 is 4.90 Å². The molecule has 0 fully saturated rings. The van der Waals surface area contributed by atoms with Crippen molar-refractivity contribution < 1.29 is 0 Å². The van der Waals surface area contributed by atoms with Gasteiger partial charge in [0, 0.05) is 13.1 Å². The average Bonchev–Trinajstić information content (AvgIpc) is 2.42. The largest absolute Gasteiger partial charge is 0.302 e. The minimum atomic E-state index is 0. The van der Waals surface area contributed by atoms with Gasteiger partial charge in [-0.2, -0.15) is 0 Å². The molecule has 4 nitrogen and oxygen atoms in total. The lowest BCUT2D eigenvalue weighted by Crippen LogP contribution is -2.31. The van der Waals surface area contributed by atoms with E-state index in [1.54, 1.807) is 10.9 Å². The Morgan fingerprint density at radius 3 is 2.45 bits per heavy atom. The molecule has 0 aliphatic carbocycles. The van der Waals surface area contributed by atoms with Gasteiger partial charge in [0.25, 0.3) is 5.56 Å². The fourth-order valence-electron chi connectivity index (χ4n) is 2.05. The highest BCUT2D eigenvalue weighted by atomic mass is 35.5. The van der Waals surface area contributed by atoms with Crippen LogP contribution in [-0.2, 0) is 6.54 Å². The van der Waals surface area contributed by atoms with E-state index in [-0.39, 0.29) is 30.4 Å². The lowest BCUT2D eigenvalue weighted by molar-refractivity contribution is 0.289. The summed E-state index contributed by atoms with van der Waals surface area (Å²) in [5, 5.41) is 0.694. The summed E-state index contributed by atoms with van der Waals surface area (Å²) in [7, 11) is 0. The topological polar surface area (TPSA) is 38.1 Å². The Bertz CT molecular complexity index is 582. The van der Waals surface area contributed by atoms with E-state index in [9.17, 15) is 4.79 Å². The molecular formula is C14H21Cl2N3O. The van der Waals surface area contributed by atoms with E-state index in [1.807, 2.05) is 24.3 Å². The molecular weight excluding hydrogens is 297 g/mol. The standard InChI is InChI=1S/C14H19N3O.2ClH/c1-3-16(4-2)9-10-17-11-15-13-8-6-5-7-12(13)14(17)18;;/h5-8,11H,3-4,9-10H2,1-2H3;2*1H. The van der Waals surface area contributed by atoms with Crippen molar-refractivity contribution in [3.8, 4) is 0 Å². The summed E-state index contributed by atoms with van der Waals surface area (Å²) >= 11 is 0. The highest BCUT2D eigenvalue weighted by Gasteiger charge is 2.04. The number of halogens is 2. The van der Waals surface area contributed by atoms with Gasteiger partial charge in [-0.25, -0.2) is 4.98 Å². The van der Waals surface area contributed by atoms with Crippen molar-refractivity contribution in [3.05, 3.63) is 40.9 Å². The summed E-state index contributed by atoms with van der Waals surface area (Å²) in [6.45, 7) is 7.85. The van der Waals surface area contributed by atoms with Crippen LogP contribution in [-0.4, -0.2) is 34.1 Å². The second-order valence-electron chi connectivity index (χ2n) is 4.29. The maximum atomic E-state index is 12.2. The van der Waals surface area contributed by atoms with Crippen molar-refractivity contribution in [2.45, 2.75) is 20.4 Å². The number of hydrogen-bond donors (Lipinski definition) is 0. The monoisotopic (exact) mass is 317 g/mol. The second-order valence-corrected chi connectivity index (χ2v) is 4.29. The number of para-hydroxylation sites is 1. The van der Waals surface area contributed by atoms with Crippen LogP contribution < -0.4 is 5.56 Å². The Labute approximate surface area is 131 Å². The number of rotatable bonds is 5. The number of benzene rings is 1. The first-order valence-corrected chi connectivity index (χ1v) is 6.42. The molecule has 0 atom stereocenters. The number of fused-ring (bicyclic) bond motifs is 1. The Hall–Kier alpha value is -1.10. The van der Waals surface area contributed by atoms with Crippen molar-refractivity contribution >= 4 is 35.7 Å². The molecule has 2 rings (SSSR count). The molecule has 0 spiro atoms. The van der Waals surface area contributed by atoms with Crippen LogP contribution in [0.3, 0.4) is 0 Å². The SMILES string of the molecule is CCN(CC)CCn1cnc2ccccc2c1=O.Cl.Cl. The van der Waals surface area contributed by atoms with Gasteiger partial charge in [0.15, 0.2) is 0 Å². The highest BCUT2D eigenvalue weighted by Crippen LogP contribution is 2.04. The van der Waals surface area contributed by atoms with Crippen LogP contribution in [0.2, 0.25) is 0 Å². The number of nitrogens with zero attached hydrogens (tertiary/aromatic N) is 3. The van der Waals surface area contributed by atoms with Crippen molar-refractivity contribution in [2.75, 3.05) is 19.6 Å². The van der Waals surface area contributed by atoms with Crippen LogP contribution >= 0.6 is 24.8 Å². The van der Waals surface area contributed by atoms with Gasteiger partial charge in [-0.1, -0.05) is 26.0 Å². The van der Waals surface area contributed by atoms with Crippen molar-refractivity contribution in [1.29, 1.82) is 0 Å². The van der Waals surface area contributed by atoms with E-state index < -0.39 is 0 Å². The molecule has 0 saturated carbocycles. The third-order valence-corrected chi connectivity index (χ3v) is 3.28. The molecule has 20 heavy (non-hydrogen) atoms. The van der Waals surface area contributed by atoms with E-state index in [2.05, 4.69) is 23.7 Å². The average molecular weight is 318 g/mol. The number of aromatic nitrogens is 2. The van der Waals surface area contributed by atoms with Crippen LogP contribution in [0.25, 0.3) is 10.9 Å². The molecule has 0 aliphatic rings. The van der Waals surface area contributed by atoms with Crippen LogP contribution in [0.15, 0.2) is 35.4 Å². The van der Waals surface area contributed by atoms with Crippen molar-refractivity contribution in [2.24, 2.45) is 0 Å². The molecule has 1 heterocycles. The Kier molecular flexibility index (Phi) is 8.46. The van der Waals surface area contributed by atoms with Crippen LogP contribution in [0, 0.1) is 0 Å². The number of hydrogen-bond acceptors (Lipinski definition) is 3. The number of likely N-dealkylation sites (N-methyl/N-ethyl adjacent to an activating group) is 1. The normalized spacial score (nSPS) is 10.2. The Balaban J connectivity index is 0.00000180. The smallest absolute Gasteiger partial charge is 0.261 e. The van der Waals surface area contributed by atoms with Crippen molar-refractivity contribution in [3.63, 3.8) is 0 Å². The van der Waals surface area contributed by atoms with Crippen LogP contribution in [0.1, 0.15) is 13.8 Å². The summed E-state index contributed by atoms with van der Waals surface area (Å²) in [4.78, 5) is 18.8. The third-order valence-electron chi connectivity index (χ3n) is 3.28. The Morgan fingerprint density at radius 2 is 1.80 bits per heavy atom. The molecule has 6 heteroatoms.